The monoisotopic (exact) mass is 279 g/mol. The van der Waals surface area contributed by atoms with Gasteiger partial charge in [0.1, 0.15) is 0 Å². The zero-order valence-electron chi connectivity index (χ0n) is 11.3. The highest BCUT2D eigenvalue weighted by Gasteiger charge is 2.58. The molecule has 2 fully saturated rings. The Morgan fingerprint density at radius 3 is 3.16 bits per heavy atom. The molecule has 0 spiro atoms. The quantitative estimate of drug-likeness (QED) is 0.889. The van der Waals surface area contributed by atoms with Crippen LogP contribution in [-0.4, -0.2) is 16.9 Å². The first-order valence-electron chi connectivity index (χ1n) is 7.22. The van der Waals surface area contributed by atoms with E-state index in [9.17, 15) is 4.79 Å². The average Bonchev–Trinajstić information content (AvgIpc) is 2.98. The Morgan fingerprint density at radius 1 is 1.58 bits per heavy atom. The van der Waals surface area contributed by atoms with Gasteiger partial charge in [-0.1, -0.05) is 19.8 Å². The minimum atomic E-state index is 0.129. The van der Waals surface area contributed by atoms with Crippen molar-refractivity contribution in [1.82, 2.24) is 4.98 Å². The maximum atomic E-state index is 12.3. The highest BCUT2D eigenvalue weighted by atomic mass is 32.1. The first kappa shape index (κ1) is 13.1. The molecule has 104 valence electrons. The van der Waals surface area contributed by atoms with Gasteiger partial charge in [0.25, 0.3) is 0 Å². The van der Waals surface area contributed by atoms with Gasteiger partial charge < -0.3 is 11.1 Å². The summed E-state index contributed by atoms with van der Waals surface area (Å²) in [6.07, 6.45) is 7.42. The van der Waals surface area contributed by atoms with E-state index < -0.39 is 0 Å². The highest BCUT2D eigenvalue weighted by Crippen LogP contribution is 2.55. The summed E-state index contributed by atoms with van der Waals surface area (Å²) >= 11 is 1.59. The van der Waals surface area contributed by atoms with Gasteiger partial charge in [0.05, 0.1) is 0 Å². The molecule has 1 aromatic rings. The Hall–Kier alpha value is -0.940. The van der Waals surface area contributed by atoms with Gasteiger partial charge in [0, 0.05) is 23.0 Å². The van der Waals surface area contributed by atoms with Gasteiger partial charge in [-0.05, 0) is 31.1 Å². The van der Waals surface area contributed by atoms with Crippen molar-refractivity contribution in [2.75, 3.05) is 5.32 Å². The van der Waals surface area contributed by atoms with Gasteiger partial charge in [0.2, 0.25) is 5.91 Å². The molecule has 0 aromatic carbocycles. The number of hydrogen-bond acceptors (Lipinski definition) is 4. The number of fused-ring (bicyclic) bond motifs is 1. The fraction of sp³-hybridized carbons (Fsp3) is 0.714. The Balaban J connectivity index is 1.59. The second-order valence-electron chi connectivity index (χ2n) is 5.73. The van der Waals surface area contributed by atoms with Crippen molar-refractivity contribution in [3.05, 3.63) is 11.1 Å². The van der Waals surface area contributed by atoms with Crippen LogP contribution in [0.5, 0.6) is 0 Å². The molecule has 4 atom stereocenters. The molecule has 2 aliphatic rings. The van der Waals surface area contributed by atoms with Crippen LogP contribution in [-0.2, 0) is 11.2 Å². The zero-order chi connectivity index (χ0) is 13.4. The minimum Gasteiger partial charge on any atom is -0.327 e. The van der Waals surface area contributed by atoms with E-state index in [1.54, 1.807) is 11.3 Å². The fourth-order valence-corrected chi connectivity index (χ4v) is 4.34. The third-order valence-electron chi connectivity index (χ3n) is 4.38. The molecule has 3 rings (SSSR count). The largest absolute Gasteiger partial charge is 0.327 e. The standard InChI is InChI=1S/C14H21N3OS/c1-2-4-8-7-16-14(19-8)17-13(18)12-9-5-3-6-10(15)11(9)12/h7,9-12H,2-6,15H2,1H3,(H,16,17,18). The van der Waals surface area contributed by atoms with Crippen molar-refractivity contribution in [2.45, 2.75) is 45.1 Å². The number of aryl methyl sites for hydroxylation is 1. The summed E-state index contributed by atoms with van der Waals surface area (Å²) in [5.74, 6) is 1.21. The lowest BCUT2D eigenvalue weighted by Gasteiger charge is -2.15. The third-order valence-corrected chi connectivity index (χ3v) is 5.35. The number of nitrogens with two attached hydrogens (primary N) is 1. The van der Waals surface area contributed by atoms with Gasteiger partial charge in [-0.3, -0.25) is 4.79 Å². The first-order chi connectivity index (χ1) is 9.20. The summed E-state index contributed by atoms with van der Waals surface area (Å²) in [5, 5.41) is 3.71. The molecule has 1 heterocycles. The Kier molecular flexibility index (Phi) is 3.58. The highest BCUT2D eigenvalue weighted by molar-refractivity contribution is 7.15. The summed E-state index contributed by atoms with van der Waals surface area (Å²) in [6, 6.07) is 0.224. The van der Waals surface area contributed by atoms with Gasteiger partial charge in [-0.25, -0.2) is 4.98 Å². The smallest absolute Gasteiger partial charge is 0.229 e. The summed E-state index contributed by atoms with van der Waals surface area (Å²) in [6.45, 7) is 2.15. The molecule has 3 N–H and O–H groups in total. The van der Waals surface area contributed by atoms with Crippen LogP contribution in [0.15, 0.2) is 6.20 Å². The van der Waals surface area contributed by atoms with Crippen LogP contribution in [0.2, 0.25) is 0 Å². The second kappa shape index (κ2) is 5.21. The molecule has 0 bridgehead atoms. The average molecular weight is 279 g/mol. The second-order valence-corrected chi connectivity index (χ2v) is 6.85. The molecule has 0 aliphatic heterocycles. The molecular formula is C14H21N3OS. The topological polar surface area (TPSA) is 68.0 Å². The van der Waals surface area contributed by atoms with Crippen LogP contribution in [0.3, 0.4) is 0 Å². The molecule has 1 amide bonds. The molecule has 4 unspecified atom stereocenters. The molecular weight excluding hydrogens is 258 g/mol. The summed E-state index contributed by atoms with van der Waals surface area (Å²) in [5.41, 5.74) is 6.09. The van der Waals surface area contributed by atoms with Crippen molar-refractivity contribution in [2.24, 2.45) is 23.5 Å². The number of amides is 1. The number of hydrogen-bond donors (Lipinski definition) is 2. The lowest BCUT2D eigenvalue weighted by molar-refractivity contribution is -0.117. The number of carbonyl (C=O) groups excluding carboxylic acids is 1. The van der Waals surface area contributed by atoms with Crippen molar-refractivity contribution >= 4 is 22.4 Å². The van der Waals surface area contributed by atoms with Crippen LogP contribution in [0.4, 0.5) is 5.13 Å². The SMILES string of the molecule is CCCc1cnc(NC(=O)C2C3CCCC(N)C32)s1. The maximum absolute atomic E-state index is 12.3. The molecule has 2 saturated carbocycles. The van der Waals surface area contributed by atoms with E-state index in [0.29, 0.717) is 11.8 Å². The first-order valence-corrected chi connectivity index (χ1v) is 8.03. The van der Waals surface area contributed by atoms with Crippen LogP contribution in [0.25, 0.3) is 0 Å². The van der Waals surface area contributed by atoms with E-state index in [0.717, 1.165) is 30.8 Å². The molecule has 19 heavy (non-hydrogen) atoms. The third kappa shape index (κ3) is 2.54. The maximum Gasteiger partial charge on any atom is 0.229 e. The minimum absolute atomic E-state index is 0.129. The van der Waals surface area contributed by atoms with Crippen LogP contribution in [0.1, 0.15) is 37.5 Å². The Bertz CT molecular complexity index is 473. The number of nitrogens with one attached hydrogen (secondary N) is 1. The molecule has 2 aliphatic carbocycles. The van der Waals surface area contributed by atoms with Gasteiger partial charge in [-0.15, -0.1) is 11.3 Å². The summed E-state index contributed by atoms with van der Waals surface area (Å²) in [7, 11) is 0. The molecule has 4 nitrogen and oxygen atoms in total. The van der Waals surface area contributed by atoms with E-state index in [2.05, 4.69) is 17.2 Å². The zero-order valence-corrected chi connectivity index (χ0v) is 12.1. The molecule has 1 aromatic heterocycles. The Labute approximate surface area is 117 Å². The van der Waals surface area contributed by atoms with Gasteiger partial charge in [0.15, 0.2) is 5.13 Å². The number of carbonyl (C=O) groups is 1. The van der Waals surface area contributed by atoms with Gasteiger partial charge >= 0.3 is 0 Å². The van der Waals surface area contributed by atoms with Crippen LogP contribution in [0, 0.1) is 17.8 Å². The number of aromatic nitrogens is 1. The number of anilines is 1. The van der Waals surface area contributed by atoms with E-state index in [-0.39, 0.29) is 17.9 Å². The molecule has 0 saturated heterocycles. The summed E-state index contributed by atoms with van der Waals surface area (Å²) < 4.78 is 0. The van der Waals surface area contributed by atoms with Crippen molar-refractivity contribution in [3.63, 3.8) is 0 Å². The van der Waals surface area contributed by atoms with E-state index in [4.69, 9.17) is 5.73 Å². The van der Waals surface area contributed by atoms with Crippen molar-refractivity contribution < 1.29 is 4.79 Å². The fourth-order valence-electron chi connectivity index (χ4n) is 3.42. The van der Waals surface area contributed by atoms with Crippen molar-refractivity contribution in [1.29, 1.82) is 0 Å². The lowest BCUT2D eigenvalue weighted by Crippen LogP contribution is -2.27. The predicted molar refractivity (Wildman–Crippen MR) is 77.0 cm³/mol. The van der Waals surface area contributed by atoms with Gasteiger partial charge in [-0.2, -0.15) is 0 Å². The van der Waals surface area contributed by atoms with Crippen LogP contribution >= 0.6 is 11.3 Å². The molecule has 0 radical (unpaired) electrons. The molecule has 5 heteroatoms. The van der Waals surface area contributed by atoms with Crippen LogP contribution < -0.4 is 11.1 Å². The number of rotatable bonds is 4. The lowest BCUT2D eigenvalue weighted by atomic mass is 9.96. The number of nitrogens with zero attached hydrogens (tertiary/aromatic N) is 1. The Morgan fingerprint density at radius 2 is 2.42 bits per heavy atom. The number of thiazole rings is 1. The van der Waals surface area contributed by atoms with E-state index >= 15 is 0 Å². The normalized spacial score (nSPS) is 32.7. The van der Waals surface area contributed by atoms with E-state index in [1.807, 2.05) is 6.20 Å². The summed E-state index contributed by atoms with van der Waals surface area (Å²) in [4.78, 5) is 17.8. The van der Waals surface area contributed by atoms with Crippen molar-refractivity contribution in [3.8, 4) is 0 Å². The van der Waals surface area contributed by atoms with E-state index in [1.165, 1.54) is 11.3 Å². The predicted octanol–water partition coefficient (Wildman–Crippen LogP) is 2.41.